The molecule has 5 heteroatoms. The maximum Gasteiger partial charge on any atom is 0.254 e. The molecule has 0 bridgehead atoms. The number of hydrogen-bond donors (Lipinski definition) is 1. The molecule has 1 aliphatic rings. The number of Topliss-reactive ketones (excluding diaryl/α,β-unsaturated/α-hetero) is 1. The Balaban J connectivity index is 3.11. The molecule has 1 atom stereocenters. The highest BCUT2D eigenvalue weighted by Gasteiger charge is 2.52. The molecule has 0 radical (unpaired) electrons. The molecule has 1 amide bonds. The van der Waals surface area contributed by atoms with Crippen molar-refractivity contribution in [2.24, 2.45) is 16.0 Å². The zero-order valence-corrected chi connectivity index (χ0v) is 7.29. The summed E-state index contributed by atoms with van der Waals surface area (Å²) in [4.78, 5) is 22.4. The molecule has 0 spiro atoms. The van der Waals surface area contributed by atoms with Crippen molar-refractivity contribution >= 4 is 11.7 Å². The third kappa shape index (κ3) is 0.929. The second kappa shape index (κ2) is 2.12. The predicted octanol–water partition coefficient (Wildman–Crippen LogP) is 0.0439. The summed E-state index contributed by atoms with van der Waals surface area (Å²) in [6.07, 6.45) is 0. The zero-order valence-electron chi connectivity index (χ0n) is 7.29. The van der Waals surface area contributed by atoms with Crippen LogP contribution in [0.1, 0.15) is 20.8 Å². The monoisotopic (exact) mass is 169 g/mol. The Morgan fingerprint density at radius 1 is 1.33 bits per heavy atom. The van der Waals surface area contributed by atoms with Gasteiger partial charge in [-0.05, 0) is 20.8 Å². The van der Waals surface area contributed by atoms with Gasteiger partial charge in [0.05, 0.1) is 0 Å². The van der Waals surface area contributed by atoms with Gasteiger partial charge in [-0.1, -0.05) is 0 Å². The fourth-order valence-electron chi connectivity index (χ4n) is 1.07. The van der Waals surface area contributed by atoms with E-state index in [-0.39, 0.29) is 5.78 Å². The zero-order chi connectivity index (χ0) is 9.57. The quantitative estimate of drug-likeness (QED) is 0.562. The molecular weight excluding hydrogens is 158 g/mol. The average Bonchev–Trinajstić information content (AvgIpc) is 2.15. The number of primary amides is 1. The van der Waals surface area contributed by atoms with E-state index in [9.17, 15) is 9.59 Å². The van der Waals surface area contributed by atoms with E-state index in [4.69, 9.17) is 5.73 Å². The molecule has 0 aliphatic carbocycles. The van der Waals surface area contributed by atoms with Gasteiger partial charge in [0, 0.05) is 0 Å². The number of carbonyl (C=O) groups excluding carboxylic acids is 2. The van der Waals surface area contributed by atoms with Crippen LogP contribution in [0.4, 0.5) is 0 Å². The van der Waals surface area contributed by atoms with Gasteiger partial charge in [-0.2, -0.15) is 10.2 Å². The molecule has 12 heavy (non-hydrogen) atoms. The van der Waals surface area contributed by atoms with E-state index >= 15 is 0 Å². The van der Waals surface area contributed by atoms with Crippen LogP contribution >= 0.6 is 0 Å². The number of azo groups is 1. The molecule has 1 heterocycles. The number of carbonyl (C=O) groups is 2. The number of nitrogens with zero attached hydrogens (tertiary/aromatic N) is 2. The lowest BCUT2D eigenvalue weighted by Gasteiger charge is -2.16. The van der Waals surface area contributed by atoms with Gasteiger partial charge in [0.15, 0.2) is 5.78 Å². The van der Waals surface area contributed by atoms with Crippen LogP contribution in [0.5, 0.6) is 0 Å². The second-order valence-corrected chi connectivity index (χ2v) is 3.52. The summed E-state index contributed by atoms with van der Waals surface area (Å²) in [5, 5.41) is 7.30. The highest BCUT2D eigenvalue weighted by atomic mass is 16.2. The van der Waals surface area contributed by atoms with Crippen LogP contribution < -0.4 is 5.73 Å². The molecule has 0 aromatic heterocycles. The first-order chi connectivity index (χ1) is 5.31. The Kier molecular flexibility index (Phi) is 1.56. The summed E-state index contributed by atoms with van der Waals surface area (Å²) >= 11 is 0. The van der Waals surface area contributed by atoms with Crippen LogP contribution in [-0.2, 0) is 9.59 Å². The normalized spacial score (nSPS) is 32.4. The van der Waals surface area contributed by atoms with Crippen molar-refractivity contribution < 1.29 is 9.59 Å². The Labute approximate surface area is 70.0 Å². The second-order valence-electron chi connectivity index (χ2n) is 3.52. The summed E-state index contributed by atoms with van der Waals surface area (Å²) in [5.41, 5.74) is 2.66. The molecule has 1 unspecified atom stereocenters. The van der Waals surface area contributed by atoms with Gasteiger partial charge >= 0.3 is 0 Å². The minimum atomic E-state index is -1.45. The van der Waals surface area contributed by atoms with Gasteiger partial charge in [-0.15, -0.1) is 0 Å². The Morgan fingerprint density at radius 2 is 1.83 bits per heavy atom. The van der Waals surface area contributed by atoms with Crippen LogP contribution in [0.3, 0.4) is 0 Å². The topological polar surface area (TPSA) is 84.9 Å². The fraction of sp³-hybridized carbons (Fsp3) is 0.714. The lowest BCUT2D eigenvalue weighted by molar-refractivity contribution is -0.133. The maximum atomic E-state index is 11.5. The summed E-state index contributed by atoms with van der Waals surface area (Å²) in [6, 6.07) is 0. The van der Waals surface area contributed by atoms with E-state index in [1.54, 1.807) is 13.8 Å². The Hall–Kier alpha value is -1.26. The summed E-state index contributed by atoms with van der Waals surface area (Å²) in [7, 11) is 0. The number of nitrogens with two attached hydrogens (primary N) is 1. The van der Waals surface area contributed by atoms with Gasteiger partial charge in [0.2, 0.25) is 5.54 Å². The summed E-state index contributed by atoms with van der Waals surface area (Å²) < 4.78 is 0. The third-order valence-corrected chi connectivity index (χ3v) is 1.98. The van der Waals surface area contributed by atoms with E-state index in [2.05, 4.69) is 10.2 Å². The van der Waals surface area contributed by atoms with Crippen LogP contribution in [0.15, 0.2) is 10.2 Å². The summed E-state index contributed by atoms with van der Waals surface area (Å²) in [5.74, 6) is -1.09. The van der Waals surface area contributed by atoms with Crippen molar-refractivity contribution in [3.8, 4) is 0 Å². The van der Waals surface area contributed by atoms with Crippen molar-refractivity contribution in [2.75, 3.05) is 0 Å². The lowest BCUT2D eigenvalue weighted by Crippen LogP contribution is -2.49. The number of ketones is 1. The van der Waals surface area contributed by atoms with Crippen LogP contribution in [0.25, 0.3) is 0 Å². The standard InChI is InChI=1S/C7H11N3O2/c1-6(2)4(11)7(3,5(8)12)10-9-6/h1-3H3,(H2,8,12). The smallest absolute Gasteiger partial charge is 0.254 e. The van der Waals surface area contributed by atoms with Gasteiger partial charge in [0.25, 0.3) is 5.91 Å². The molecule has 0 fully saturated rings. The lowest BCUT2D eigenvalue weighted by atomic mass is 9.86. The summed E-state index contributed by atoms with van der Waals surface area (Å²) in [6.45, 7) is 4.59. The van der Waals surface area contributed by atoms with Crippen LogP contribution in [-0.4, -0.2) is 22.8 Å². The molecule has 2 N–H and O–H groups in total. The van der Waals surface area contributed by atoms with E-state index in [0.29, 0.717) is 0 Å². The Morgan fingerprint density at radius 3 is 2.00 bits per heavy atom. The van der Waals surface area contributed by atoms with Crippen molar-refractivity contribution in [1.82, 2.24) is 0 Å². The average molecular weight is 169 g/mol. The minimum absolute atomic E-state index is 0.345. The molecule has 0 aromatic rings. The number of amides is 1. The van der Waals surface area contributed by atoms with Gasteiger partial charge < -0.3 is 5.73 Å². The van der Waals surface area contributed by atoms with Gasteiger partial charge in [0.1, 0.15) is 5.54 Å². The molecule has 0 saturated carbocycles. The largest absolute Gasteiger partial charge is 0.367 e. The molecule has 0 aromatic carbocycles. The number of rotatable bonds is 1. The molecule has 0 saturated heterocycles. The van der Waals surface area contributed by atoms with Crippen molar-refractivity contribution in [3.05, 3.63) is 0 Å². The first-order valence-electron chi connectivity index (χ1n) is 3.59. The highest BCUT2D eigenvalue weighted by Crippen LogP contribution is 2.30. The molecule has 5 nitrogen and oxygen atoms in total. The van der Waals surface area contributed by atoms with Crippen molar-refractivity contribution in [2.45, 2.75) is 31.8 Å². The van der Waals surface area contributed by atoms with Crippen LogP contribution in [0, 0.1) is 0 Å². The molecule has 1 aliphatic heterocycles. The van der Waals surface area contributed by atoms with E-state index < -0.39 is 17.0 Å². The maximum absolute atomic E-state index is 11.5. The van der Waals surface area contributed by atoms with E-state index in [1.807, 2.05) is 0 Å². The van der Waals surface area contributed by atoms with Crippen LogP contribution in [0.2, 0.25) is 0 Å². The SMILES string of the molecule is CC1(C)N=NC(C)(C(N)=O)C1=O. The highest BCUT2D eigenvalue weighted by molar-refractivity contribution is 6.14. The minimum Gasteiger partial charge on any atom is -0.367 e. The van der Waals surface area contributed by atoms with Gasteiger partial charge in [-0.25, -0.2) is 0 Å². The van der Waals surface area contributed by atoms with E-state index in [0.717, 1.165) is 0 Å². The fourth-order valence-corrected chi connectivity index (χ4v) is 1.07. The first-order valence-corrected chi connectivity index (χ1v) is 3.59. The first kappa shape index (κ1) is 8.83. The van der Waals surface area contributed by atoms with Crippen molar-refractivity contribution in [3.63, 3.8) is 0 Å². The van der Waals surface area contributed by atoms with Crippen molar-refractivity contribution in [1.29, 1.82) is 0 Å². The van der Waals surface area contributed by atoms with E-state index in [1.165, 1.54) is 6.92 Å². The Bertz CT molecular complexity index is 282. The molecular formula is C7H11N3O2. The van der Waals surface area contributed by atoms with Gasteiger partial charge in [-0.3, -0.25) is 9.59 Å². The third-order valence-electron chi connectivity index (χ3n) is 1.98. The predicted molar refractivity (Wildman–Crippen MR) is 41.5 cm³/mol. The number of hydrogen-bond acceptors (Lipinski definition) is 4. The molecule has 66 valence electrons. The molecule has 1 rings (SSSR count).